The van der Waals surface area contributed by atoms with Crippen LogP contribution in [-0.4, -0.2) is 4.57 Å². The average Bonchev–Trinajstić information content (AvgIpc) is 3.08. The van der Waals surface area contributed by atoms with Crippen molar-refractivity contribution < 1.29 is 13.2 Å². The third-order valence-electron chi connectivity index (χ3n) is 4.01. The maximum Gasteiger partial charge on any atom is 0.417 e. The van der Waals surface area contributed by atoms with Crippen molar-refractivity contribution in [3.63, 3.8) is 0 Å². The number of nitrogens with zero attached hydrogens (tertiary/aromatic N) is 1. The van der Waals surface area contributed by atoms with Gasteiger partial charge in [-0.05, 0) is 31.0 Å². The third-order valence-corrected chi connectivity index (χ3v) is 4.01. The number of alkyl halides is 3. The Labute approximate surface area is 116 Å². The Balaban J connectivity index is 2.08. The lowest BCUT2D eigenvalue weighted by Crippen LogP contribution is -2.10. The molecule has 1 aromatic heterocycles. The summed E-state index contributed by atoms with van der Waals surface area (Å²) in [6.45, 7) is 0. The van der Waals surface area contributed by atoms with Gasteiger partial charge in [0.15, 0.2) is 0 Å². The molecule has 0 spiro atoms. The van der Waals surface area contributed by atoms with Gasteiger partial charge in [0.25, 0.3) is 0 Å². The molecule has 1 aromatic carbocycles. The van der Waals surface area contributed by atoms with Crippen molar-refractivity contribution >= 4 is 0 Å². The van der Waals surface area contributed by atoms with Crippen LogP contribution in [0.2, 0.25) is 0 Å². The summed E-state index contributed by atoms with van der Waals surface area (Å²) in [6, 6.07) is 9.77. The van der Waals surface area contributed by atoms with E-state index in [-0.39, 0.29) is 5.56 Å². The molecule has 0 amide bonds. The number of aromatic nitrogens is 1. The Morgan fingerprint density at radius 1 is 0.950 bits per heavy atom. The van der Waals surface area contributed by atoms with Gasteiger partial charge in [-0.25, -0.2) is 0 Å². The molecule has 106 valence electrons. The topological polar surface area (TPSA) is 4.93 Å². The van der Waals surface area contributed by atoms with E-state index in [0.717, 1.165) is 31.7 Å². The smallest absolute Gasteiger partial charge is 0.344 e. The molecular formula is C16H16F3N. The molecule has 1 fully saturated rings. The van der Waals surface area contributed by atoms with Crippen molar-refractivity contribution in [2.24, 2.45) is 0 Å². The Kier molecular flexibility index (Phi) is 3.32. The molecule has 1 nitrogen and oxygen atoms in total. The van der Waals surface area contributed by atoms with Gasteiger partial charge in [-0.2, -0.15) is 13.2 Å². The number of hydrogen-bond donors (Lipinski definition) is 0. The number of rotatable bonds is 2. The summed E-state index contributed by atoms with van der Waals surface area (Å²) < 4.78 is 41.4. The van der Waals surface area contributed by atoms with E-state index in [0.29, 0.717) is 11.7 Å². The predicted octanol–water partition coefficient (Wildman–Crippen LogP) is 5.29. The Bertz CT molecular complexity index is 592. The Hall–Kier alpha value is -1.71. The number of hydrogen-bond acceptors (Lipinski definition) is 0. The summed E-state index contributed by atoms with van der Waals surface area (Å²) in [5.74, 6) is 0. The molecule has 0 unspecified atom stereocenters. The van der Waals surface area contributed by atoms with E-state index in [1.807, 2.05) is 16.8 Å². The second-order valence-electron chi connectivity index (χ2n) is 5.28. The summed E-state index contributed by atoms with van der Waals surface area (Å²) in [5, 5.41) is 0. The fourth-order valence-corrected chi connectivity index (χ4v) is 3.08. The van der Waals surface area contributed by atoms with Crippen molar-refractivity contribution in [2.75, 3.05) is 0 Å². The third kappa shape index (κ3) is 2.35. The highest BCUT2D eigenvalue weighted by Gasteiger charge is 2.34. The van der Waals surface area contributed by atoms with E-state index in [4.69, 9.17) is 0 Å². The highest BCUT2D eigenvalue weighted by atomic mass is 19.4. The molecule has 0 N–H and O–H groups in total. The molecule has 0 atom stereocenters. The highest BCUT2D eigenvalue weighted by Crippen LogP contribution is 2.39. The van der Waals surface area contributed by atoms with Crippen molar-refractivity contribution in [2.45, 2.75) is 37.9 Å². The maximum atomic E-state index is 13.1. The van der Waals surface area contributed by atoms with Gasteiger partial charge in [0.2, 0.25) is 0 Å². The van der Waals surface area contributed by atoms with Crippen LogP contribution in [0.5, 0.6) is 0 Å². The molecule has 0 saturated heterocycles. The quantitative estimate of drug-likeness (QED) is 0.704. The molecule has 1 saturated carbocycles. The van der Waals surface area contributed by atoms with Gasteiger partial charge in [0, 0.05) is 23.5 Å². The summed E-state index contributed by atoms with van der Waals surface area (Å²) in [6.07, 6.45) is 2.00. The molecular weight excluding hydrogens is 263 g/mol. The molecule has 2 aromatic rings. The van der Waals surface area contributed by atoms with Crippen LogP contribution in [0.25, 0.3) is 11.3 Å². The summed E-state index contributed by atoms with van der Waals surface area (Å²) in [5.41, 5.74) is 0.389. The van der Waals surface area contributed by atoms with Gasteiger partial charge >= 0.3 is 6.18 Å². The summed E-state index contributed by atoms with van der Waals surface area (Å²) >= 11 is 0. The molecule has 0 aliphatic heterocycles. The van der Waals surface area contributed by atoms with Crippen LogP contribution in [0.15, 0.2) is 42.6 Å². The van der Waals surface area contributed by atoms with Gasteiger partial charge < -0.3 is 4.57 Å². The van der Waals surface area contributed by atoms with Gasteiger partial charge in [-0.15, -0.1) is 0 Å². The zero-order chi connectivity index (χ0) is 14.2. The molecule has 0 bridgehead atoms. The molecule has 3 rings (SSSR count). The molecule has 0 radical (unpaired) electrons. The number of benzene rings is 1. The molecule has 1 aliphatic rings. The first-order valence-electron chi connectivity index (χ1n) is 6.91. The average molecular weight is 279 g/mol. The first-order chi connectivity index (χ1) is 9.57. The minimum atomic E-state index is -4.32. The summed E-state index contributed by atoms with van der Waals surface area (Å²) in [4.78, 5) is 0. The van der Waals surface area contributed by atoms with Crippen LogP contribution in [0, 0.1) is 0 Å². The van der Waals surface area contributed by atoms with Gasteiger partial charge in [-0.1, -0.05) is 31.0 Å². The van der Waals surface area contributed by atoms with E-state index in [2.05, 4.69) is 0 Å². The number of halogens is 3. The zero-order valence-corrected chi connectivity index (χ0v) is 11.0. The molecule has 20 heavy (non-hydrogen) atoms. The fraction of sp³-hybridized carbons (Fsp3) is 0.375. The lowest BCUT2D eigenvalue weighted by Gasteiger charge is -2.19. The minimum Gasteiger partial charge on any atom is -0.344 e. The lowest BCUT2D eigenvalue weighted by atomic mass is 10.0. The van der Waals surface area contributed by atoms with Crippen molar-refractivity contribution in [1.82, 2.24) is 4.57 Å². The first kappa shape index (κ1) is 13.3. The van der Waals surface area contributed by atoms with Crippen LogP contribution in [-0.2, 0) is 6.18 Å². The first-order valence-corrected chi connectivity index (χ1v) is 6.91. The van der Waals surface area contributed by atoms with Crippen molar-refractivity contribution in [3.05, 3.63) is 48.2 Å². The maximum absolute atomic E-state index is 13.1. The molecule has 1 heterocycles. The van der Waals surface area contributed by atoms with Crippen LogP contribution in [0.3, 0.4) is 0 Å². The lowest BCUT2D eigenvalue weighted by molar-refractivity contribution is -0.137. The van der Waals surface area contributed by atoms with E-state index in [1.165, 1.54) is 6.07 Å². The van der Waals surface area contributed by atoms with E-state index < -0.39 is 11.7 Å². The minimum absolute atomic E-state index is 0.275. The fourth-order valence-electron chi connectivity index (χ4n) is 3.08. The van der Waals surface area contributed by atoms with Crippen molar-refractivity contribution in [3.8, 4) is 11.3 Å². The molecule has 4 heteroatoms. The second-order valence-corrected chi connectivity index (χ2v) is 5.28. The monoisotopic (exact) mass is 279 g/mol. The molecule has 1 aliphatic carbocycles. The standard InChI is InChI=1S/C16H16F3N/c17-16(18,19)14-9-4-3-8-13(14)15-10-5-11-20(15)12-6-1-2-7-12/h3-5,8-12H,1-2,6-7H2. The zero-order valence-electron chi connectivity index (χ0n) is 11.0. The van der Waals surface area contributed by atoms with Crippen LogP contribution < -0.4 is 0 Å². The van der Waals surface area contributed by atoms with E-state index in [9.17, 15) is 13.2 Å². The van der Waals surface area contributed by atoms with Gasteiger partial charge in [0.05, 0.1) is 5.56 Å². The Morgan fingerprint density at radius 3 is 2.35 bits per heavy atom. The predicted molar refractivity (Wildman–Crippen MR) is 72.4 cm³/mol. The van der Waals surface area contributed by atoms with E-state index in [1.54, 1.807) is 18.2 Å². The van der Waals surface area contributed by atoms with Crippen molar-refractivity contribution in [1.29, 1.82) is 0 Å². The second kappa shape index (κ2) is 5.00. The van der Waals surface area contributed by atoms with Crippen LogP contribution >= 0.6 is 0 Å². The Morgan fingerprint density at radius 2 is 1.65 bits per heavy atom. The van der Waals surface area contributed by atoms with Crippen LogP contribution in [0.4, 0.5) is 13.2 Å². The van der Waals surface area contributed by atoms with Gasteiger partial charge in [0.1, 0.15) is 0 Å². The van der Waals surface area contributed by atoms with E-state index >= 15 is 0 Å². The normalized spacial score (nSPS) is 16.8. The van der Waals surface area contributed by atoms with Gasteiger partial charge in [-0.3, -0.25) is 0 Å². The largest absolute Gasteiger partial charge is 0.417 e. The van der Waals surface area contributed by atoms with Crippen LogP contribution in [0.1, 0.15) is 37.3 Å². The SMILES string of the molecule is FC(F)(F)c1ccccc1-c1cccn1C1CCCC1. The highest BCUT2D eigenvalue weighted by molar-refractivity contribution is 5.65. The summed E-state index contributed by atoms with van der Waals surface area (Å²) in [7, 11) is 0.